The number of aromatic nitrogens is 1. The number of anilines is 1. The summed E-state index contributed by atoms with van der Waals surface area (Å²) in [4.78, 5) is 17.2. The van der Waals surface area contributed by atoms with Crippen molar-refractivity contribution in [3.05, 3.63) is 23.9 Å². The van der Waals surface area contributed by atoms with Gasteiger partial charge in [-0.05, 0) is 25.5 Å². The van der Waals surface area contributed by atoms with Crippen LogP contribution in [0.15, 0.2) is 18.3 Å². The minimum absolute atomic E-state index is 0.227. The van der Waals surface area contributed by atoms with E-state index in [-0.39, 0.29) is 6.10 Å². The minimum atomic E-state index is 0.227. The molecule has 1 fully saturated rings. The van der Waals surface area contributed by atoms with Crippen molar-refractivity contribution in [2.75, 3.05) is 18.1 Å². The van der Waals surface area contributed by atoms with Gasteiger partial charge < -0.3 is 9.64 Å². The van der Waals surface area contributed by atoms with Crippen molar-refractivity contribution >= 4 is 12.1 Å². The number of carbonyl (C=O) groups excluding carboxylic acids is 1. The van der Waals surface area contributed by atoms with Crippen LogP contribution in [0.3, 0.4) is 0 Å². The topological polar surface area (TPSA) is 42.4 Å². The molecular weight excluding hydrogens is 216 g/mol. The average molecular weight is 234 g/mol. The van der Waals surface area contributed by atoms with E-state index < -0.39 is 0 Å². The van der Waals surface area contributed by atoms with E-state index in [1.165, 1.54) is 0 Å². The molecule has 1 aromatic rings. The fourth-order valence-electron chi connectivity index (χ4n) is 2.10. The molecule has 0 spiro atoms. The Labute approximate surface area is 102 Å². The summed E-state index contributed by atoms with van der Waals surface area (Å²) >= 11 is 0. The van der Waals surface area contributed by atoms with Gasteiger partial charge in [0.2, 0.25) is 0 Å². The highest BCUT2D eigenvalue weighted by Crippen LogP contribution is 2.21. The maximum Gasteiger partial charge on any atom is 0.151 e. The van der Waals surface area contributed by atoms with Gasteiger partial charge in [0.1, 0.15) is 5.82 Å². The molecule has 1 saturated heterocycles. The molecule has 0 saturated carbocycles. The number of carbonyl (C=O) groups is 1. The van der Waals surface area contributed by atoms with Gasteiger partial charge in [-0.3, -0.25) is 4.79 Å². The van der Waals surface area contributed by atoms with Gasteiger partial charge in [-0.15, -0.1) is 0 Å². The molecule has 0 bridgehead atoms. The molecule has 0 aliphatic carbocycles. The third-order valence-electron chi connectivity index (χ3n) is 3.14. The standard InChI is InChI=1S/C13H18N2O2/c1-3-12-9-17-10(2)7-15(12)13-5-4-11(8-16)6-14-13/h4-6,8,10,12H,3,7,9H2,1-2H3/t10-,12+/m1/s1. The summed E-state index contributed by atoms with van der Waals surface area (Å²) in [5, 5.41) is 0. The summed E-state index contributed by atoms with van der Waals surface area (Å²) < 4.78 is 5.65. The van der Waals surface area contributed by atoms with Crippen molar-refractivity contribution in [2.45, 2.75) is 32.4 Å². The first-order valence-corrected chi connectivity index (χ1v) is 6.04. The number of ether oxygens (including phenoxy) is 1. The number of nitrogens with zero attached hydrogens (tertiary/aromatic N) is 2. The van der Waals surface area contributed by atoms with Crippen LogP contribution < -0.4 is 4.90 Å². The highest BCUT2D eigenvalue weighted by molar-refractivity contribution is 5.74. The van der Waals surface area contributed by atoms with Gasteiger partial charge in [-0.25, -0.2) is 4.98 Å². The molecule has 2 heterocycles. The fraction of sp³-hybridized carbons (Fsp3) is 0.538. The summed E-state index contributed by atoms with van der Waals surface area (Å²) in [6.45, 7) is 5.82. The minimum Gasteiger partial charge on any atom is -0.375 e. The average Bonchev–Trinajstić information content (AvgIpc) is 2.39. The zero-order chi connectivity index (χ0) is 12.3. The molecule has 4 heteroatoms. The van der Waals surface area contributed by atoms with E-state index in [0.717, 1.165) is 31.7 Å². The van der Waals surface area contributed by atoms with Gasteiger partial charge in [0.15, 0.2) is 6.29 Å². The lowest BCUT2D eigenvalue weighted by Crippen LogP contribution is -2.49. The predicted molar refractivity (Wildman–Crippen MR) is 66.5 cm³/mol. The summed E-state index contributed by atoms with van der Waals surface area (Å²) in [5.41, 5.74) is 0.614. The molecule has 92 valence electrons. The lowest BCUT2D eigenvalue weighted by Gasteiger charge is -2.39. The highest BCUT2D eigenvalue weighted by Gasteiger charge is 2.26. The van der Waals surface area contributed by atoms with Crippen LogP contribution in [0.2, 0.25) is 0 Å². The summed E-state index contributed by atoms with van der Waals surface area (Å²) in [5.74, 6) is 0.928. The Morgan fingerprint density at radius 3 is 3.00 bits per heavy atom. The number of pyridine rings is 1. The molecule has 0 radical (unpaired) electrons. The zero-order valence-corrected chi connectivity index (χ0v) is 10.3. The molecule has 1 aliphatic heterocycles. The third kappa shape index (κ3) is 2.64. The van der Waals surface area contributed by atoms with Crippen molar-refractivity contribution in [1.82, 2.24) is 4.98 Å². The van der Waals surface area contributed by atoms with Crippen molar-refractivity contribution < 1.29 is 9.53 Å². The van der Waals surface area contributed by atoms with Crippen molar-refractivity contribution in [3.8, 4) is 0 Å². The summed E-state index contributed by atoms with van der Waals surface area (Å²) in [7, 11) is 0. The van der Waals surface area contributed by atoms with Crippen molar-refractivity contribution in [2.24, 2.45) is 0 Å². The summed E-state index contributed by atoms with van der Waals surface area (Å²) in [6, 6.07) is 4.09. The molecule has 0 aromatic carbocycles. The Bertz CT molecular complexity index is 378. The molecule has 2 atom stereocenters. The highest BCUT2D eigenvalue weighted by atomic mass is 16.5. The molecule has 1 aromatic heterocycles. The van der Waals surface area contributed by atoms with Crippen LogP contribution in [-0.2, 0) is 4.74 Å². The lowest BCUT2D eigenvalue weighted by atomic mass is 10.1. The van der Waals surface area contributed by atoms with Crippen LogP contribution in [0.1, 0.15) is 30.6 Å². The smallest absolute Gasteiger partial charge is 0.151 e. The van der Waals surface area contributed by atoms with Crippen LogP contribution >= 0.6 is 0 Å². The van der Waals surface area contributed by atoms with Gasteiger partial charge in [0.25, 0.3) is 0 Å². The SMILES string of the molecule is CC[C@H]1CO[C@H](C)CN1c1ccc(C=O)cn1. The van der Waals surface area contributed by atoms with Crippen LogP contribution in [0.4, 0.5) is 5.82 Å². The summed E-state index contributed by atoms with van der Waals surface area (Å²) in [6.07, 6.45) is 3.69. The van der Waals surface area contributed by atoms with Gasteiger partial charge in [-0.1, -0.05) is 6.92 Å². The van der Waals surface area contributed by atoms with Gasteiger partial charge >= 0.3 is 0 Å². The largest absolute Gasteiger partial charge is 0.375 e. The second kappa shape index (κ2) is 5.27. The molecule has 0 amide bonds. The number of aldehydes is 1. The van der Waals surface area contributed by atoms with Gasteiger partial charge in [0, 0.05) is 18.3 Å². The molecule has 0 N–H and O–H groups in total. The quantitative estimate of drug-likeness (QED) is 0.749. The first kappa shape index (κ1) is 12.0. The Kier molecular flexibility index (Phi) is 3.74. The second-order valence-corrected chi connectivity index (χ2v) is 4.43. The predicted octanol–water partition coefficient (Wildman–Crippen LogP) is 1.90. The van der Waals surface area contributed by atoms with Crippen LogP contribution in [0.25, 0.3) is 0 Å². The van der Waals surface area contributed by atoms with Crippen LogP contribution in [0.5, 0.6) is 0 Å². The normalized spacial score (nSPS) is 24.7. The van der Waals surface area contributed by atoms with Crippen LogP contribution in [-0.4, -0.2) is 36.6 Å². The van der Waals surface area contributed by atoms with E-state index in [9.17, 15) is 4.79 Å². The number of hydrogen-bond donors (Lipinski definition) is 0. The second-order valence-electron chi connectivity index (χ2n) is 4.43. The molecule has 0 unspecified atom stereocenters. The maximum absolute atomic E-state index is 10.6. The van der Waals surface area contributed by atoms with Crippen molar-refractivity contribution in [3.63, 3.8) is 0 Å². The molecule has 1 aliphatic rings. The van der Waals surface area contributed by atoms with Gasteiger partial charge in [0.05, 0.1) is 18.8 Å². The first-order chi connectivity index (χ1) is 8.24. The number of morpholine rings is 1. The molecule has 4 nitrogen and oxygen atoms in total. The Hall–Kier alpha value is -1.42. The van der Waals surface area contributed by atoms with E-state index in [4.69, 9.17) is 4.74 Å². The van der Waals surface area contributed by atoms with E-state index in [1.807, 2.05) is 12.1 Å². The van der Waals surface area contributed by atoms with Crippen molar-refractivity contribution in [1.29, 1.82) is 0 Å². The first-order valence-electron chi connectivity index (χ1n) is 6.04. The molecule has 2 rings (SSSR count). The van der Waals surface area contributed by atoms with Gasteiger partial charge in [-0.2, -0.15) is 0 Å². The van der Waals surface area contributed by atoms with Crippen LogP contribution in [0, 0.1) is 0 Å². The fourth-order valence-corrected chi connectivity index (χ4v) is 2.10. The zero-order valence-electron chi connectivity index (χ0n) is 10.3. The monoisotopic (exact) mass is 234 g/mol. The van der Waals surface area contributed by atoms with E-state index >= 15 is 0 Å². The number of hydrogen-bond acceptors (Lipinski definition) is 4. The Morgan fingerprint density at radius 2 is 2.41 bits per heavy atom. The molecular formula is C13H18N2O2. The van der Waals surface area contributed by atoms with E-state index in [2.05, 4.69) is 23.7 Å². The Balaban J connectivity index is 2.19. The van der Waals surface area contributed by atoms with E-state index in [1.54, 1.807) is 6.20 Å². The third-order valence-corrected chi connectivity index (χ3v) is 3.14. The Morgan fingerprint density at radius 1 is 1.59 bits per heavy atom. The lowest BCUT2D eigenvalue weighted by molar-refractivity contribution is 0.0296. The number of rotatable bonds is 3. The maximum atomic E-state index is 10.6. The molecule has 17 heavy (non-hydrogen) atoms. The van der Waals surface area contributed by atoms with E-state index in [0.29, 0.717) is 11.6 Å².